The molecular formula is C16H21N3. The maximum Gasteiger partial charge on any atom is 0.104 e. The zero-order valence-electron chi connectivity index (χ0n) is 11.8. The highest BCUT2D eigenvalue weighted by atomic mass is 14.8. The highest BCUT2D eigenvalue weighted by Gasteiger charge is 2.38. The van der Waals surface area contributed by atoms with Crippen LogP contribution in [0.1, 0.15) is 6.92 Å². The summed E-state index contributed by atoms with van der Waals surface area (Å²) in [6.45, 7) is 6.77. The fraction of sp³-hybridized carbons (Fsp3) is 0.312. The van der Waals surface area contributed by atoms with Crippen LogP contribution in [0, 0.1) is 22.7 Å². The molecule has 0 spiro atoms. The summed E-state index contributed by atoms with van der Waals surface area (Å²) in [5.74, 6) is 5.61. The summed E-state index contributed by atoms with van der Waals surface area (Å²) in [4.78, 5) is 0. The molecule has 0 aliphatic heterocycles. The van der Waals surface area contributed by atoms with Crippen LogP contribution in [0.3, 0.4) is 0 Å². The minimum absolute atomic E-state index is 0.0669. The quantitative estimate of drug-likeness (QED) is 0.386. The van der Waals surface area contributed by atoms with Gasteiger partial charge in [0, 0.05) is 12.5 Å². The Morgan fingerprint density at radius 1 is 1.47 bits per heavy atom. The first-order chi connectivity index (χ1) is 9.04. The third kappa shape index (κ3) is 4.27. The van der Waals surface area contributed by atoms with E-state index in [2.05, 4.69) is 42.1 Å². The first-order valence-corrected chi connectivity index (χ1v) is 6.21. The molecule has 19 heavy (non-hydrogen) atoms. The standard InChI is InChI=1S/C16H21N3/c1-13(7-8-15(17)6-5-10-18-3)16(2)12-14(16)9-11-19-4/h7-9,11-12,17-19H,1,10H2,2-4H3/b8-7-,11-9-,17-15?. The van der Waals surface area contributed by atoms with Crippen LogP contribution >= 0.6 is 0 Å². The fourth-order valence-corrected chi connectivity index (χ4v) is 1.57. The van der Waals surface area contributed by atoms with Crippen molar-refractivity contribution < 1.29 is 0 Å². The molecule has 0 fully saturated rings. The highest BCUT2D eigenvalue weighted by Crippen LogP contribution is 2.50. The van der Waals surface area contributed by atoms with E-state index < -0.39 is 0 Å². The van der Waals surface area contributed by atoms with Crippen molar-refractivity contribution in [1.82, 2.24) is 10.6 Å². The van der Waals surface area contributed by atoms with Crippen molar-refractivity contribution in [1.29, 1.82) is 5.41 Å². The molecule has 0 radical (unpaired) electrons. The molecule has 0 saturated heterocycles. The summed E-state index contributed by atoms with van der Waals surface area (Å²) in [7, 11) is 3.70. The molecule has 0 saturated carbocycles. The van der Waals surface area contributed by atoms with Gasteiger partial charge in [-0.05, 0) is 49.4 Å². The Kier molecular flexibility index (Phi) is 5.35. The van der Waals surface area contributed by atoms with E-state index in [-0.39, 0.29) is 5.41 Å². The number of hydrogen-bond acceptors (Lipinski definition) is 3. The molecule has 1 aliphatic carbocycles. The Bertz CT molecular complexity index is 512. The molecule has 100 valence electrons. The summed E-state index contributed by atoms with van der Waals surface area (Å²) >= 11 is 0. The Morgan fingerprint density at radius 2 is 2.21 bits per heavy atom. The summed E-state index contributed by atoms with van der Waals surface area (Å²) < 4.78 is 0. The lowest BCUT2D eigenvalue weighted by Crippen LogP contribution is -2.05. The number of nitrogens with one attached hydrogen (secondary N) is 3. The lowest BCUT2D eigenvalue weighted by atomic mass is 9.93. The Balaban J connectivity index is 2.51. The van der Waals surface area contributed by atoms with Crippen molar-refractivity contribution in [3.05, 3.63) is 48.2 Å². The van der Waals surface area contributed by atoms with Gasteiger partial charge in [0.1, 0.15) is 5.71 Å². The minimum Gasteiger partial charge on any atom is -0.394 e. The van der Waals surface area contributed by atoms with Gasteiger partial charge in [-0.3, -0.25) is 5.41 Å². The van der Waals surface area contributed by atoms with Gasteiger partial charge in [-0.15, -0.1) is 0 Å². The van der Waals surface area contributed by atoms with Gasteiger partial charge in [-0.2, -0.15) is 0 Å². The third-order valence-corrected chi connectivity index (χ3v) is 3.00. The molecule has 1 unspecified atom stereocenters. The van der Waals surface area contributed by atoms with Gasteiger partial charge < -0.3 is 10.6 Å². The average molecular weight is 255 g/mol. The second-order valence-corrected chi connectivity index (χ2v) is 4.53. The van der Waals surface area contributed by atoms with Gasteiger partial charge in [0.25, 0.3) is 0 Å². The number of allylic oxidation sites excluding steroid dienone is 6. The average Bonchev–Trinajstić information content (AvgIpc) is 3.06. The maximum absolute atomic E-state index is 7.68. The largest absolute Gasteiger partial charge is 0.394 e. The predicted octanol–water partition coefficient (Wildman–Crippen LogP) is 2.02. The van der Waals surface area contributed by atoms with Crippen LogP contribution in [-0.4, -0.2) is 26.4 Å². The van der Waals surface area contributed by atoms with Crippen LogP contribution in [0.5, 0.6) is 0 Å². The number of hydrogen-bond donors (Lipinski definition) is 3. The molecule has 3 heteroatoms. The molecular weight excluding hydrogens is 234 g/mol. The third-order valence-electron chi connectivity index (χ3n) is 3.00. The molecule has 1 atom stereocenters. The smallest absolute Gasteiger partial charge is 0.104 e. The van der Waals surface area contributed by atoms with E-state index in [1.807, 2.05) is 32.4 Å². The second-order valence-electron chi connectivity index (χ2n) is 4.53. The molecule has 0 aromatic heterocycles. The van der Waals surface area contributed by atoms with Crippen molar-refractivity contribution >= 4 is 5.71 Å². The van der Waals surface area contributed by atoms with Gasteiger partial charge in [0.15, 0.2) is 0 Å². The van der Waals surface area contributed by atoms with Crippen LogP contribution in [-0.2, 0) is 0 Å². The van der Waals surface area contributed by atoms with Gasteiger partial charge in [-0.1, -0.05) is 24.7 Å². The van der Waals surface area contributed by atoms with Gasteiger partial charge in [-0.25, -0.2) is 0 Å². The van der Waals surface area contributed by atoms with E-state index in [0.29, 0.717) is 12.3 Å². The van der Waals surface area contributed by atoms with Gasteiger partial charge in [0.05, 0.1) is 6.54 Å². The van der Waals surface area contributed by atoms with E-state index >= 15 is 0 Å². The molecule has 3 nitrogen and oxygen atoms in total. The lowest BCUT2D eigenvalue weighted by molar-refractivity contribution is 0.773. The van der Waals surface area contributed by atoms with Crippen molar-refractivity contribution in [2.75, 3.05) is 20.6 Å². The molecule has 0 aromatic rings. The highest BCUT2D eigenvalue weighted by molar-refractivity contribution is 6.06. The van der Waals surface area contributed by atoms with E-state index in [1.165, 1.54) is 5.57 Å². The van der Waals surface area contributed by atoms with Crippen molar-refractivity contribution in [2.24, 2.45) is 5.41 Å². The van der Waals surface area contributed by atoms with Crippen LogP contribution in [0.4, 0.5) is 0 Å². The van der Waals surface area contributed by atoms with Crippen molar-refractivity contribution in [2.45, 2.75) is 6.92 Å². The maximum atomic E-state index is 7.68. The summed E-state index contributed by atoms with van der Waals surface area (Å²) in [6.07, 6.45) is 9.66. The summed E-state index contributed by atoms with van der Waals surface area (Å²) in [5.41, 5.74) is 2.45. The first kappa shape index (κ1) is 15.0. The van der Waals surface area contributed by atoms with Crippen molar-refractivity contribution in [3.63, 3.8) is 0 Å². The van der Waals surface area contributed by atoms with E-state index in [9.17, 15) is 0 Å². The Labute approximate surface area is 115 Å². The van der Waals surface area contributed by atoms with Crippen LogP contribution in [0.2, 0.25) is 0 Å². The Hall–Kier alpha value is -2.05. The summed E-state index contributed by atoms with van der Waals surface area (Å²) in [5, 5.41) is 13.6. The van der Waals surface area contributed by atoms with E-state index in [4.69, 9.17) is 5.41 Å². The molecule has 1 rings (SSSR count). The Morgan fingerprint density at radius 3 is 2.84 bits per heavy atom. The lowest BCUT2D eigenvalue weighted by Gasteiger charge is -2.11. The molecule has 0 heterocycles. The predicted molar refractivity (Wildman–Crippen MR) is 82.1 cm³/mol. The van der Waals surface area contributed by atoms with E-state index in [1.54, 1.807) is 6.08 Å². The first-order valence-electron chi connectivity index (χ1n) is 6.21. The topological polar surface area (TPSA) is 47.9 Å². The van der Waals surface area contributed by atoms with Crippen LogP contribution in [0.15, 0.2) is 48.2 Å². The fourth-order valence-electron chi connectivity index (χ4n) is 1.57. The molecule has 0 aromatic carbocycles. The molecule has 3 N–H and O–H groups in total. The molecule has 1 aliphatic rings. The van der Waals surface area contributed by atoms with E-state index in [0.717, 1.165) is 5.57 Å². The van der Waals surface area contributed by atoms with Crippen molar-refractivity contribution in [3.8, 4) is 11.8 Å². The zero-order valence-corrected chi connectivity index (χ0v) is 11.8. The SMILES string of the molecule is C=C(/C=C\C(=N)C#CCNC)C1(C)C=C1/C=C\NC. The van der Waals surface area contributed by atoms with Gasteiger partial charge >= 0.3 is 0 Å². The van der Waals surface area contributed by atoms with Crippen LogP contribution < -0.4 is 10.6 Å². The molecule has 0 bridgehead atoms. The van der Waals surface area contributed by atoms with Gasteiger partial charge in [0.2, 0.25) is 0 Å². The normalized spacial score (nSPS) is 20.9. The molecule has 0 amide bonds. The second kappa shape index (κ2) is 6.77. The monoisotopic (exact) mass is 255 g/mol. The van der Waals surface area contributed by atoms with Crippen LogP contribution in [0.25, 0.3) is 0 Å². The minimum atomic E-state index is -0.0669. The summed E-state index contributed by atoms with van der Waals surface area (Å²) in [6, 6.07) is 0. The number of rotatable bonds is 6. The zero-order chi connectivity index (χ0) is 14.3.